The quantitative estimate of drug-likeness (QED) is 0.415. The number of benzene rings is 2. The van der Waals surface area contributed by atoms with E-state index in [1.807, 2.05) is 42.3 Å². The number of esters is 1. The molecule has 32 heavy (non-hydrogen) atoms. The summed E-state index contributed by atoms with van der Waals surface area (Å²) >= 11 is 1.14. The van der Waals surface area contributed by atoms with Gasteiger partial charge in [-0.3, -0.25) is 9.78 Å². The molecule has 0 saturated heterocycles. The molecular formula is C23H19FN4O3S. The molecule has 0 spiro atoms. The molecule has 2 aromatic heterocycles. The molecule has 4 aromatic rings. The number of fused-ring (bicyclic) bond motifs is 1. The Morgan fingerprint density at radius 3 is 2.69 bits per heavy atom. The van der Waals surface area contributed by atoms with Crippen molar-refractivity contribution in [3.8, 4) is 0 Å². The van der Waals surface area contributed by atoms with Gasteiger partial charge in [0, 0.05) is 29.9 Å². The molecule has 2 aromatic carbocycles. The van der Waals surface area contributed by atoms with Gasteiger partial charge in [0.25, 0.3) is 5.91 Å². The van der Waals surface area contributed by atoms with Gasteiger partial charge in [-0.1, -0.05) is 17.4 Å². The fraction of sp³-hybridized carbons (Fsp3) is 0.130. The SMILES string of the molecule is CCOC(=O)c1nc(N(C)c2ccc3ncccc3c2)sc1NC(=O)c1ccc(F)cc1. The zero-order valence-corrected chi connectivity index (χ0v) is 18.1. The van der Waals surface area contributed by atoms with E-state index in [-0.39, 0.29) is 22.9 Å². The molecule has 2 heterocycles. The predicted molar refractivity (Wildman–Crippen MR) is 122 cm³/mol. The van der Waals surface area contributed by atoms with Crippen LogP contribution in [0.25, 0.3) is 10.9 Å². The van der Waals surface area contributed by atoms with E-state index in [9.17, 15) is 14.0 Å². The highest BCUT2D eigenvalue weighted by atomic mass is 32.1. The van der Waals surface area contributed by atoms with Gasteiger partial charge in [-0.25, -0.2) is 14.2 Å². The van der Waals surface area contributed by atoms with Crippen LogP contribution in [0.2, 0.25) is 0 Å². The van der Waals surface area contributed by atoms with Crippen molar-refractivity contribution in [3.05, 3.63) is 77.9 Å². The Hall–Kier alpha value is -3.85. The van der Waals surface area contributed by atoms with Crippen molar-refractivity contribution >= 4 is 49.9 Å². The molecule has 162 valence electrons. The molecule has 7 nitrogen and oxygen atoms in total. The number of carbonyl (C=O) groups is 2. The summed E-state index contributed by atoms with van der Waals surface area (Å²) in [6, 6.07) is 14.7. The first-order chi connectivity index (χ1) is 15.5. The second-order valence-corrected chi connectivity index (χ2v) is 7.77. The minimum atomic E-state index is -0.638. The number of anilines is 3. The molecule has 0 fully saturated rings. The summed E-state index contributed by atoms with van der Waals surface area (Å²) in [4.78, 5) is 35.7. The number of ether oxygens (including phenoxy) is 1. The van der Waals surface area contributed by atoms with Gasteiger partial charge in [-0.05, 0) is 55.5 Å². The second-order valence-electron chi connectivity index (χ2n) is 6.80. The summed E-state index contributed by atoms with van der Waals surface area (Å²) in [5.41, 5.74) is 1.97. The van der Waals surface area contributed by atoms with Gasteiger partial charge in [0.1, 0.15) is 10.8 Å². The van der Waals surface area contributed by atoms with Crippen LogP contribution in [0.5, 0.6) is 0 Å². The highest BCUT2D eigenvalue weighted by Crippen LogP contribution is 2.35. The van der Waals surface area contributed by atoms with Crippen LogP contribution in [-0.2, 0) is 4.74 Å². The zero-order valence-electron chi connectivity index (χ0n) is 17.3. The van der Waals surface area contributed by atoms with Gasteiger partial charge in [0.05, 0.1) is 12.1 Å². The van der Waals surface area contributed by atoms with E-state index in [0.29, 0.717) is 5.13 Å². The maximum absolute atomic E-state index is 13.2. The first-order valence-electron chi connectivity index (χ1n) is 9.79. The Balaban J connectivity index is 1.67. The van der Waals surface area contributed by atoms with Gasteiger partial charge >= 0.3 is 5.97 Å². The third-order valence-corrected chi connectivity index (χ3v) is 5.73. The summed E-state index contributed by atoms with van der Waals surface area (Å²) in [5, 5.41) is 4.40. The van der Waals surface area contributed by atoms with Crippen LogP contribution in [0.15, 0.2) is 60.8 Å². The van der Waals surface area contributed by atoms with Crippen LogP contribution >= 0.6 is 11.3 Å². The van der Waals surface area contributed by atoms with Gasteiger partial charge in [-0.2, -0.15) is 0 Å². The van der Waals surface area contributed by atoms with E-state index in [0.717, 1.165) is 27.9 Å². The summed E-state index contributed by atoms with van der Waals surface area (Å²) in [5.74, 6) is -1.56. The van der Waals surface area contributed by atoms with Crippen molar-refractivity contribution in [2.75, 3.05) is 23.9 Å². The third kappa shape index (κ3) is 4.42. The minimum absolute atomic E-state index is 0.0108. The highest BCUT2D eigenvalue weighted by Gasteiger charge is 2.23. The molecule has 4 rings (SSSR count). The molecule has 0 atom stereocenters. The lowest BCUT2D eigenvalue weighted by atomic mass is 10.2. The normalized spacial score (nSPS) is 10.7. The van der Waals surface area contributed by atoms with E-state index < -0.39 is 17.7 Å². The van der Waals surface area contributed by atoms with Crippen molar-refractivity contribution in [2.45, 2.75) is 6.92 Å². The van der Waals surface area contributed by atoms with Gasteiger partial charge in [-0.15, -0.1) is 0 Å². The number of nitrogens with one attached hydrogen (secondary N) is 1. The first-order valence-corrected chi connectivity index (χ1v) is 10.6. The van der Waals surface area contributed by atoms with E-state index in [1.54, 1.807) is 13.1 Å². The molecule has 0 radical (unpaired) electrons. The predicted octanol–water partition coefficient (Wildman–Crippen LogP) is 5.03. The maximum atomic E-state index is 13.2. The molecule has 0 aliphatic carbocycles. The van der Waals surface area contributed by atoms with Crippen molar-refractivity contribution in [3.63, 3.8) is 0 Å². The number of aromatic nitrogens is 2. The summed E-state index contributed by atoms with van der Waals surface area (Å²) in [7, 11) is 1.82. The molecule has 0 bridgehead atoms. The van der Waals surface area contributed by atoms with Crippen LogP contribution in [0.4, 0.5) is 20.2 Å². The lowest BCUT2D eigenvalue weighted by Gasteiger charge is -2.16. The number of halogens is 1. The van der Waals surface area contributed by atoms with Crippen molar-refractivity contribution in [2.24, 2.45) is 0 Å². The number of hydrogen-bond acceptors (Lipinski definition) is 7. The lowest BCUT2D eigenvalue weighted by molar-refractivity contribution is 0.0521. The standard InChI is InChI=1S/C23H19FN4O3S/c1-3-31-22(30)19-21(27-20(29)14-6-8-16(24)9-7-14)32-23(26-19)28(2)17-10-11-18-15(13-17)5-4-12-25-18/h4-13H,3H2,1-2H3,(H,27,29). The van der Waals surface area contributed by atoms with Gasteiger partial charge in [0.2, 0.25) is 0 Å². The van der Waals surface area contributed by atoms with Gasteiger partial charge < -0.3 is 15.0 Å². The van der Waals surface area contributed by atoms with E-state index in [4.69, 9.17) is 4.74 Å². The van der Waals surface area contributed by atoms with E-state index >= 15 is 0 Å². The Morgan fingerprint density at radius 1 is 1.16 bits per heavy atom. The number of carbonyl (C=O) groups excluding carboxylic acids is 2. The Morgan fingerprint density at radius 2 is 1.94 bits per heavy atom. The summed E-state index contributed by atoms with van der Waals surface area (Å²) in [6.45, 7) is 1.86. The van der Waals surface area contributed by atoms with Crippen LogP contribution < -0.4 is 10.2 Å². The van der Waals surface area contributed by atoms with Crippen LogP contribution in [0, 0.1) is 5.82 Å². The maximum Gasteiger partial charge on any atom is 0.360 e. The second kappa shape index (κ2) is 9.11. The molecule has 0 aliphatic rings. The summed E-state index contributed by atoms with van der Waals surface area (Å²) in [6.07, 6.45) is 1.73. The smallest absolute Gasteiger partial charge is 0.360 e. The average molecular weight is 450 g/mol. The van der Waals surface area contributed by atoms with Gasteiger partial charge in [0.15, 0.2) is 10.8 Å². The summed E-state index contributed by atoms with van der Waals surface area (Å²) < 4.78 is 18.3. The number of nitrogens with zero attached hydrogens (tertiary/aromatic N) is 3. The molecule has 0 aliphatic heterocycles. The van der Waals surface area contributed by atoms with Crippen molar-refractivity contribution in [1.29, 1.82) is 0 Å². The lowest BCUT2D eigenvalue weighted by Crippen LogP contribution is -2.15. The molecule has 9 heteroatoms. The topological polar surface area (TPSA) is 84.4 Å². The fourth-order valence-corrected chi connectivity index (χ4v) is 3.96. The number of amides is 1. The number of rotatable bonds is 6. The van der Waals surface area contributed by atoms with Crippen LogP contribution in [0.3, 0.4) is 0 Å². The molecule has 0 unspecified atom stereocenters. The fourth-order valence-electron chi connectivity index (χ4n) is 3.03. The molecule has 0 saturated carbocycles. The molecule has 1 amide bonds. The highest BCUT2D eigenvalue weighted by molar-refractivity contribution is 7.20. The average Bonchev–Trinajstić information content (AvgIpc) is 3.22. The molecule has 1 N–H and O–H groups in total. The van der Waals surface area contributed by atoms with E-state index in [1.165, 1.54) is 24.3 Å². The number of hydrogen-bond donors (Lipinski definition) is 1. The molecular weight excluding hydrogens is 431 g/mol. The Kier molecular flexibility index (Phi) is 6.09. The third-order valence-electron chi connectivity index (χ3n) is 4.68. The van der Waals surface area contributed by atoms with Crippen molar-refractivity contribution in [1.82, 2.24) is 9.97 Å². The minimum Gasteiger partial charge on any atom is -0.461 e. The van der Waals surface area contributed by atoms with Crippen LogP contribution in [-0.4, -0.2) is 35.5 Å². The number of pyridine rings is 1. The first kappa shape index (κ1) is 21.4. The largest absolute Gasteiger partial charge is 0.461 e. The zero-order chi connectivity index (χ0) is 22.7. The van der Waals surface area contributed by atoms with E-state index in [2.05, 4.69) is 15.3 Å². The number of thiazole rings is 1. The monoisotopic (exact) mass is 450 g/mol. The van der Waals surface area contributed by atoms with Crippen molar-refractivity contribution < 1.29 is 18.7 Å². The Labute approximate surface area is 187 Å². The van der Waals surface area contributed by atoms with Crippen LogP contribution in [0.1, 0.15) is 27.8 Å². The Bertz CT molecular complexity index is 1290.